The summed E-state index contributed by atoms with van der Waals surface area (Å²) in [4.78, 5) is 15.9. The van der Waals surface area contributed by atoms with Crippen LogP contribution >= 0.6 is 11.3 Å². The summed E-state index contributed by atoms with van der Waals surface area (Å²) in [6.45, 7) is 0.457. The van der Waals surface area contributed by atoms with E-state index in [9.17, 15) is 4.79 Å². The van der Waals surface area contributed by atoms with Crippen molar-refractivity contribution in [2.45, 2.75) is 6.61 Å². The lowest BCUT2D eigenvalue weighted by Gasteiger charge is -2.07. The van der Waals surface area contributed by atoms with Crippen molar-refractivity contribution in [1.82, 2.24) is 15.2 Å². The Bertz CT molecular complexity index is 730. The van der Waals surface area contributed by atoms with E-state index in [4.69, 9.17) is 4.74 Å². The van der Waals surface area contributed by atoms with Crippen molar-refractivity contribution in [1.29, 1.82) is 0 Å². The third-order valence-corrected chi connectivity index (χ3v) is 3.46. The lowest BCUT2D eigenvalue weighted by molar-refractivity contribution is 0.102. The van der Waals surface area contributed by atoms with Gasteiger partial charge in [-0.15, -0.1) is 10.2 Å². The van der Waals surface area contributed by atoms with Crippen LogP contribution < -0.4 is 10.1 Å². The second kappa shape index (κ2) is 6.77. The molecule has 0 radical (unpaired) electrons. The Hall–Kier alpha value is -2.80. The largest absolute Gasteiger partial charge is 0.489 e. The number of rotatable bonds is 5. The average Bonchev–Trinajstić information content (AvgIpc) is 3.07. The lowest BCUT2D eigenvalue weighted by atomic mass is 10.2. The van der Waals surface area contributed by atoms with Gasteiger partial charge in [0.1, 0.15) is 17.9 Å². The van der Waals surface area contributed by atoms with Crippen molar-refractivity contribution in [3.63, 3.8) is 0 Å². The van der Waals surface area contributed by atoms with Gasteiger partial charge in [-0.25, -0.2) is 0 Å². The molecule has 2 aromatic heterocycles. The van der Waals surface area contributed by atoms with Gasteiger partial charge in [-0.05, 0) is 42.0 Å². The summed E-state index contributed by atoms with van der Waals surface area (Å²) in [5.74, 6) is 0.474. The van der Waals surface area contributed by atoms with Gasteiger partial charge in [0.15, 0.2) is 0 Å². The second-order valence-electron chi connectivity index (χ2n) is 4.37. The Balaban J connectivity index is 1.59. The van der Waals surface area contributed by atoms with Crippen molar-refractivity contribution in [3.05, 3.63) is 65.4 Å². The van der Waals surface area contributed by atoms with Gasteiger partial charge in [-0.1, -0.05) is 11.3 Å². The molecule has 0 spiro atoms. The van der Waals surface area contributed by atoms with Gasteiger partial charge >= 0.3 is 0 Å². The van der Waals surface area contributed by atoms with E-state index < -0.39 is 0 Å². The Morgan fingerprint density at radius 1 is 1.14 bits per heavy atom. The van der Waals surface area contributed by atoms with Crippen LogP contribution in [0.4, 0.5) is 5.13 Å². The molecule has 3 rings (SSSR count). The van der Waals surface area contributed by atoms with Crippen LogP contribution in [0.15, 0.2) is 54.3 Å². The van der Waals surface area contributed by atoms with Gasteiger partial charge in [0.05, 0.1) is 0 Å². The monoisotopic (exact) mass is 312 g/mol. The fourth-order valence-corrected chi connectivity index (χ4v) is 2.19. The third kappa shape index (κ3) is 3.64. The second-order valence-corrected chi connectivity index (χ2v) is 5.20. The van der Waals surface area contributed by atoms with Gasteiger partial charge < -0.3 is 4.74 Å². The standard InChI is InChI=1S/C15H12N4O2S/c20-14(18-15-19-17-10-22-15)12-1-3-13(4-2-12)21-9-11-5-7-16-8-6-11/h1-8,10H,9H2,(H,18,19,20). The average molecular weight is 312 g/mol. The van der Waals surface area contributed by atoms with Gasteiger partial charge in [0, 0.05) is 18.0 Å². The summed E-state index contributed by atoms with van der Waals surface area (Å²) in [5.41, 5.74) is 3.13. The minimum absolute atomic E-state index is 0.225. The summed E-state index contributed by atoms with van der Waals surface area (Å²) in [6, 6.07) is 10.7. The molecule has 110 valence electrons. The molecule has 0 aliphatic heterocycles. The first-order valence-electron chi connectivity index (χ1n) is 6.50. The molecule has 0 fully saturated rings. The van der Waals surface area contributed by atoms with Crippen LogP contribution in [0, 0.1) is 0 Å². The number of carbonyl (C=O) groups is 1. The number of hydrogen-bond acceptors (Lipinski definition) is 6. The first kappa shape index (κ1) is 14.2. The zero-order chi connectivity index (χ0) is 15.2. The van der Waals surface area contributed by atoms with Crippen LogP contribution in [0.1, 0.15) is 15.9 Å². The minimum Gasteiger partial charge on any atom is -0.489 e. The van der Waals surface area contributed by atoms with Crippen LogP contribution in [-0.2, 0) is 6.61 Å². The zero-order valence-corrected chi connectivity index (χ0v) is 12.3. The summed E-state index contributed by atoms with van der Waals surface area (Å²) in [5, 5.41) is 10.6. The number of carbonyl (C=O) groups excluding carboxylic acids is 1. The number of anilines is 1. The molecule has 0 saturated heterocycles. The van der Waals surface area contributed by atoms with Crippen LogP contribution in [0.3, 0.4) is 0 Å². The predicted molar refractivity (Wildman–Crippen MR) is 82.9 cm³/mol. The number of benzene rings is 1. The highest BCUT2D eigenvalue weighted by Gasteiger charge is 2.08. The number of hydrogen-bond donors (Lipinski definition) is 1. The Morgan fingerprint density at radius 2 is 1.91 bits per heavy atom. The van der Waals surface area contributed by atoms with Gasteiger partial charge in [0.2, 0.25) is 5.13 Å². The smallest absolute Gasteiger partial charge is 0.257 e. The summed E-state index contributed by atoms with van der Waals surface area (Å²) < 4.78 is 5.65. The molecule has 1 N–H and O–H groups in total. The molecule has 0 atom stereocenters. The van der Waals surface area contributed by atoms with E-state index in [-0.39, 0.29) is 5.91 Å². The molecule has 1 aromatic carbocycles. The van der Waals surface area contributed by atoms with Gasteiger partial charge in [-0.2, -0.15) is 0 Å². The molecular weight excluding hydrogens is 300 g/mol. The number of pyridine rings is 1. The van der Waals surface area contributed by atoms with E-state index in [1.807, 2.05) is 12.1 Å². The Morgan fingerprint density at radius 3 is 2.59 bits per heavy atom. The zero-order valence-electron chi connectivity index (χ0n) is 11.5. The summed E-state index contributed by atoms with van der Waals surface area (Å²) in [6.07, 6.45) is 3.44. The highest BCUT2D eigenvalue weighted by Crippen LogP contribution is 2.16. The van der Waals surface area contributed by atoms with Crippen LogP contribution in [0.2, 0.25) is 0 Å². The molecule has 0 aliphatic carbocycles. The molecule has 1 amide bonds. The van der Waals surface area contributed by atoms with E-state index in [1.165, 1.54) is 11.3 Å². The molecule has 6 nitrogen and oxygen atoms in total. The molecule has 0 unspecified atom stereocenters. The Kier molecular flexibility index (Phi) is 4.35. The molecule has 0 bridgehead atoms. The van der Waals surface area contributed by atoms with Crippen molar-refractivity contribution in [2.75, 3.05) is 5.32 Å². The summed E-state index contributed by atoms with van der Waals surface area (Å²) in [7, 11) is 0. The highest BCUT2D eigenvalue weighted by molar-refractivity contribution is 7.13. The first-order chi connectivity index (χ1) is 10.8. The first-order valence-corrected chi connectivity index (χ1v) is 7.38. The van der Waals surface area contributed by atoms with Crippen LogP contribution in [0.25, 0.3) is 0 Å². The molecule has 0 aliphatic rings. The van der Waals surface area contributed by atoms with Crippen molar-refractivity contribution >= 4 is 22.4 Å². The van der Waals surface area contributed by atoms with E-state index >= 15 is 0 Å². The summed E-state index contributed by atoms with van der Waals surface area (Å²) >= 11 is 1.27. The molecule has 7 heteroatoms. The Labute approximate surface area is 130 Å². The molecule has 0 saturated carbocycles. The van der Waals surface area contributed by atoms with E-state index in [2.05, 4.69) is 20.5 Å². The lowest BCUT2D eigenvalue weighted by Crippen LogP contribution is -2.11. The molecule has 2 heterocycles. The molecule has 3 aromatic rings. The van der Waals surface area contributed by atoms with E-state index in [1.54, 1.807) is 42.2 Å². The maximum absolute atomic E-state index is 12.0. The van der Waals surface area contributed by atoms with Crippen molar-refractivity contribution < 1.29 is 9.53 Å². The number of ether oxygens (including phenoxy) is 1. The minimum atomic E-state index is -0.225. The number of nitrogens with zero attached hydrogens (tertiary/aromatic N) is 3. The van der Waals surface area contributed by atoms with Gasteiger partial charge in [-0.3, -0.25) is 15.1 Å². The molecule has 22 heavy (non-hydrogen) atoms. The normalized spacial score (nSPS) is 10.2. The maximum Gasteiger partial charge on any atom is 0.257 e. The van der Waals surface area contributed by atoms with Crippen molar-refractivity contribution in [2.24, 2.45) is 0 Å². The highest BCUT2D eigenvalue weighted by atomic mass is 32.1. The third-order valence-electron chi connectivity index (χ3n) is 2.85. The van der Waals surface area contributed by atoms with E-state index in [0.29, 0.717) is 23.1 Å². The number of aromatic nitrogens is 3. The predicted octanol–water partition coefficient (Wildman–Crippen LogP) is 2.76. The number of amides is 1. The van der Waals surface area contributed by atoms with E-state index in [0.717, 1.165) is 5.56 Å². The SMILES string of the molecule is O=C(Nc1nncs1)c1ccc(OCc2ccncc2)cc1. The van der Waals surface area contributed by atoms with Crippen molar-refractivity contribution in [3.8, 4) is 5.75 Å². The van der Waals surface area contributed by atoms with Crippen LogP contribution in [-0.4, -0.2) is 21.1 Å². The fourth-order valence-electron chi connectivity index (χ4n) is 1.75. The maximum atomic E-state index is 12.0. The molecular formula is C15H12N4O2S. The topological polar surface area (TPSA) is 77.0 Å². The quantitative estimate of drug-likeness (QED) is 0.784. The number of nitrogens with one attached hydrogen (secondary N) is 1. The van der Waals surface area contributed by atoms with Crippen LogP contribution in [0.5, 0.6) is 5.75 Å². The van der Waals surface area contributed by atoms with Gasteiger partial charge in [0.25, 0.3) is 5.91 Å². The fraction of sp³-hybridized carbons (Fsp3) is 0.0667.